The van der Waals surface area contributed by atoms with Gasteiger partial charge in [0.2, 0.25) is 5.91 Å². The van der Waals surface area contributed by atoms with Crippen LogP contribution in [0.2, 0.25) is 0 Å². The topological polar surface area (TPSA) is 74.6 Å². The fourth-order valence-electron chi connectivity index (χ4n) is 3.63. The molecule has 29 heavy (non-hydrogen) atoms. The van der Waals surface area contributed by atoms with Gasteiger partial charge in [0, 0.05) is 34.3 Å². The zero-order chi connectivity index (χ0) is 19.8. The zero-order valence-corrected chi connectivity index (χ0v) is 15.4. The Morgan fingerprint density at radius 1 is 0.931 bits per heavy atom. The molecule has 2 N–H and O–H groups in total. The van der Waals surface area contributed by atoms with E-state index < -0.39 is 5.92 Å². The summed E-state index contributed by atoms with van der Waals surface area (Å²) in [7, 11) is 0. The van der Waals surface area contributed by atoms with Crippen molar-refractivity contribution in [3.8, 4) is 16.9 Å². The van der Waals surface area contributed by atoms with Gasteiger partial charge in [-0.25, -0.2) is 4.98 Å². The number of fused-ring (bicyclic) bond motifs is 2. The number of phenolic OH excluding ortho intramolecular Hbond substituents is 1. The average molecular weight is 379 g/mol. The molecule has 5 rings (SSSR count). The standard InChI is InChI=1S/C24H17N3O2/c28-22-11-10-21(17-8-4-5-9-18(17)22)25-14-20-19-12-16(15-6-2-1-3-7-15)13-26-23(19)27-24(20)29/h1-14,20,28H,(H,26,27,29). The number of aromatic hydroxyl groups is 1. The highest BCUT2D eigenvalue weighted by Gasteiger charge is 2.30. The molecule has 1 unspecified atom stereocenters. The molecule has 1 aromatic heterocycles. The van der Waals surface area contributed by atoms with Crippen LogP contribution in [0.15, 0.2) is 84.0 Å². The van der Waals surface area contributed by atoms with Gasteiger partial charge < -0.3 is 10.4 Å². The van der Waals surface area contributed by atoms with E-state index in [-0.39, 0.29) is 11.7 Å². The number of benzene rings is 3. The summed E-state index contributed by atoms with van der Waals surface area (Å²) in [6.07, 6.45) is 3.41. The SMILES string of the molecule is O=C1Nc2ncc(-c3ccccc3)cc2C1C=Nc1ccc(O)c2ccccc12. The number of nitrogens with one attached hydrogen (secondary N) is 1. The molecule has 0 aliphatic carbocycles. The van der Waals surface area contributed by atoms with Crippen LogP contribution in [0.25, 0.3) is 21.9 Å². The number of pyridine rings is 1. The molecule has 0 fully saturated rings. The molecule has 1 atom stereocenters. The Balaban J connectivity index is 1.54. The summed E-state index contributed by atoms with van der Waals surface area (Å²) in [5.41, 5.74) is 3.51. The molecule has 0 radical (unpaired) electrons. The second-order valence-electron chi connectivity index (χ2n) is 6.92. The maximum atomic E-state index is 12.5. The average Bonchev–Trinajstić information content (AvgIpc) is 3.08. The van der Waals surface area contributed by atoms with E-state index in [1.54, 1.807) is 24.5 Å². The maximum Gasteiger partial charge on any atom is 0.238 e. The van der Waals surface area contributed by atoms with Crippen molar-refractivity contribution >= 4 is 34.4 Å². The highest BCUT2D eigenvalue weighted by Crippen LogP contribution is 2.35. The lowest BCUT2D eigenvalue weighted by Gasteiger charge is -2.07. The summed E-state index contributed by atoms with van der Waals surface area (Å²) in [6.45, 7) is 0. The lowest BCUT2D eigenvalue weighted by atomic mass is 9.99. The van der Waals surface area contributed by atoms with Crippen LogP contribution in [-0.2, 0) is 4.79 Å². The fraction of sp³-hybridized carbons (Fsp3) is 0.0417. The number of aliphatic imine (C=N–C) groups is 1. The summed E-state index contributed by atoms with van der Waals surface area (Å²) in [4.78, 5) is 21.5. The second-order valence-corrected chi connectivity index (χ2v) is 6.92. The van der Waals surface area contributed by atoms with E-state index in [0.29, 0.717) is 11.5 Å². The Hall–Kier alpha value is -3.99. The van der Waals surface area contributed by atoms with Gasteiger partial charge in [-0.1, -0.05) is 54.6 Å². The van der Waals surface area contributed by atoms with E-state index in [1.165, 1.54) is 0 Å². The van der Waals surface area contributed by atoms with Gasteiger partial charge in [0.15, 0.2) is 0 Å². The van der Waals surface area contributed by atoms with Crippen LogP contribution in [0, 0.1) is 0 Å². The minimum atomic E-state index is -0.520. The van der Waals surface area contributed by atoms with Crippen molar-refractivity contribution in [2.75, 3.05) is 5.32 Å². The van der Waals surface area contributed by atoms with Crippen molar-refractivity contribution in [1.29, 1.82) is 0 Å². The van der Waals surface area contributed by atoms with Gasteiger partial charge in [-0.2, -0.15) is 0 Å². The lowest BCUT2D eigenvalue weighted by molar-refractivity contribution is -0.115. The number of nitrogens with zero attached hydrogens (tertiary/aromatic N) is 2. The predicted molar refractivity (Wildman–Crippen MR) is 115 cm³/mol. The van der Waals surface area contributed by atoms with Crippen LogP contribution in [0.4, 0.5) is 11.5 Å². The molecule has 1 amide bonds. The largest absolute Gasteiger partial charge is 0.507 e. The number of phenols is 1. The van der Waals surface area contributed by atoms with E-state index in [9.17, 15) is 9.90 Å². The van der Waals surface area contributed by atoms with Gasteiger partial charge in [-0.05, 0) is 23.8 Å². The molecule has 4 aromatic rings. The van der Waals surface area contributed by atoms with Crippen LogP contribution in [0.1, 0.15) is 11.5 Å². The molecular formula is C24H17N3O2. The van der Waals surface area contributed by atoms with E-state index in [1.807, 2.05) is 60.7 Å². The van der Waals surface area contributed by atoms with Crippen molar-refractivity contribution in [2.45, 2.75) is 5.92 Å². The smallest absolute Gasteiger partial charge is 0.238 e. The number of amides is 1. The third kappa shape index (κ3) is 3.02. The predicted octanol–water partition coefficient (Wildman–Crippen LogP) is 5.05. The Bertz CT molecular complexity index is 1270. The van der Waals surface area contributed by atoms with Crippen molar-refractivity contribution in [3.05, 3.63) is 84.6 Å². The number of hydrogen-bond donors (Lipinski definition) is 2. The Morgan fingerprint density at radius 3 is 2.52 bits per heavy atom. The van der Waals surface area contributed by atoms with Crippen molar-refractivity contribution in [1.82, 2.24) is 4.98 Å². The summed E-state index contributed by atoms with van der Waals surface area (Å²) < 4.78 is 0. The van der Waals surface area contributed by atoms with Gasteiger partial charge in [0.25, 0.3) is 0 Å². The highest BCUT2D eigenvalue weighted by atomic mass is 16.3. The van der Waals surface area contributed by atoms with Gasteiger partial charge in [-0.3, -0.25) is 9.79 Å². The van der Waals surface area contributed by atoms with Crippen LogP contribution in [-0.4, -0.2) is 22.2 Å². The molecule has 2 heterocycles. The molecular weight excluding hydrogens is 362 g/mol. The summed E-state index contributed by atoms with van der Waals surface area (Å²) in [5, 5.41) is 14.4. The molecule has 0 spiro atoms. The lowest BCUT2D eigenvalue weighted by Crippen LogP contribution is -2.12. The quantitative estimate of drug-likeness (QED) is 0.489. The molecule has 1 aliphatic heterocycles. The van der Waals surface area contributed by atoms with Crippen LogP contribution in [0.5, 0.6) is 5.75 Å². The molecule has 3 aromatic carbocycles. The normalized spacial score (nSPS) is 15.6. The maximum absolute atomic E-state index is 12.5. The first kappa shape index (κ1) is 17.1. The number of rotatable bonds is 3. The van der Waals surface area contributed by atoms with E-state index in [2.05, 4.69) is 15.3 Å². The summed E-state index contributed by atoms with van der Waals surface area (Å²) in [5.74, 6) is 0.111. The van der Waals surface area contributed by atoms with Crippen LogP contribution in [0.3, 0.4) is 0 Å². The van der Waals surface area contributed by atoms with E-state index in [4.69, 9.17) is 0 Å². The first-order chi connectivity index (χ1) is 14.2. The van der Waals surface area contributed by atoms with Gasteiger partial charge in [0.1, 0.15) is 17.5 Å². The molecule has 0 saturated carbocycles. The van der Waals surface area contributed by atoms with Crippen LogP contribution >= 0.6 is 0 Å². The Labute approximate surface area is 167 Å². The monoisotopic (exact) mass is 379 g/mol. The van der Waals surface area contributed by atoms with Gasteiger partial charge in [0.05, 0.1) is 5.69 Å². The highest BCUT2D eigenvalue weighted by molar-refractivity contribution is 6.12. The van der Waals surface area contributed by atoms with Crippen molar-refractivity contribution < 1.29 is 9.90 Å². The van der Waals surface area contributed by atoms with Crippen LogP contribution < -0.4 is 5.32 Å². The Kier molecular flexibility index (Phi) is 4.06. The third-order valence-corrected chi connectivity index (χ3v) is 5.12. The van der Waals surface area contributed by atoms with Crippen molar-refractivity contribution in [3.63, 3.8) is 0 Å². The number of carbonyl (C=O) groups excluding carboxylic acids is 1. The van der Waals surface area contributed by atoms with E-state index >= 15 is 0 Å². The molecule has 1 aliphatic rings. The third-order valence-electron chi connectivity index (χ3n) is 5.12. The Morgan fingerprint density at radius 2 is 1.69 bits per heavy atom. The van der Waals surface area contributed by atoms with Crippen molar-refractivity contribution in [2.24, 2.45) is 4.99 Å². The minimum absolute atomic E-state index is 0.149. The first-order valence-corrected chi connectivity index (χ1v) is 9.32. The molecule has 5 heteroatoms. The summed E-state index contributed by atoms with van der Waals surface area (Å²) in [6, 6.07) is 22.8. The number of carbonyl (C=O) groups is 1. The summed E-state index contributed by atoms with van der Waals surface area (Å²) >= 11 is 0. The molecule has 0 saturated heterocycles. The molecule has 140 valence electrons. The minimum Gasteiger partial charge on any atom is -0.507 e. The zero-order valence-electron chi connectivity index (χ0n) is 15.4. The number of anilines is 1. The number of hydrogen-bond acceptors (Lipinski definition) is 4. The van der Waals surface area contributed by atoms with E-state index in [0.717, 1.165) is 27.5 Å². The fourth-order valence-corrected chi connectivity index (χ4v) is 3.63. The molecule has 5 nitrogen and oxygen atoms in total. The second kappa shape index (κ2) is 6.87. The molecule has 0 bridgehead atoms. The first-order valence-electron chi connectivity index (χ1n) is 9.32. The van der Waals surface area contributed by atoms with Gasteiger partial charge in [-0.15, -0.1) is 0 Å². The number of aromatic nitrogens is 1. The van der Waals surface area contributed by atoms with Gasteiger partial charge >= 0.3 is 0 Å².